The molecule has 25 heavy (non-hydrogen) atoms. The normalized spacial score (nSPS) is 17.8. The summed E-state index contributed by atoms with van der Waals surface area (Å²) in [7, 11) is 1.58. The standard InChI is InChI=1S/C17H21N5O3/c1-18-16(23)14-4-2-3-13(20-14)9-12-10-22(7-8-25-11-12)17(24)15-5-6-19-21-15/h2-6,12H,7-11H2,1H3,(H,18,23)(H,19,21)/t12-/m1/s1. The molecule has 0 saturated carbocycles. The van der Waals surface area contributed by atoms with Crippen LogP contribution >= 0.6 is 0 Å². The lowest BCUT2D eigenvalue weighted by Gasteiger charge is -2.23. The number of nitrogens with zero attached hydrogens (tertiary/aromatic N) is 3. The van der Waals surface area contributed by atoms with E-state index in [4.69, 9.17) is 4.74 Å². The molecule has 3 heterocycles. The Morgan fingerprint density at radius 3 is 3.04 bits per heavy atom. The van der Waals surface area contributed by atoms with Gasteiger partial charge in [-0.15, -0.1) is 0 Å². The van der Waals surface area contributed by atoms with Gasteiger partial charge in [-0.1, -0.05) is 6.07 Å². The highest BCUT2D eigenvalue weighted by atomic mass is 16.5. The molecule has 0 radical (unpaired) electrons. The van der Waals surface area contributed by atoms with E-state index in [0.29, 0.717) is 44.1 Å². The Kier molecular flexibility index (Phi) is 5.39. The molecule has 8 heteroatoms. The lowest BCUT2D eigenvalue weighted by Crippen LogP contribution is -2.36. The van der Waals surface area contributed by atoms with E-state index in [1.165, 1.54) is 0 Å². The van der Waals surface area contributed by atoms with Gasteiger partial charge in [0, 0.05) is 37.9 Å². The number of amides is 2. The number of hydrogen-bond donors (Lipinski definition) is 2. The summed E-state index contributed by atoms with van der Waals surface area (Å²) in [6.45, 7) is 2.17. The summed E-state index contributed by atoms with van der Waals surface area (Å²) in [6.07, 6.45) is 2.20. The molecule has 1 aliphatic heterocycles. The number of nitrogens with one attached hydrogen (secondary N) is 2. The smallest absolute Gasteiger partial charge is 0.271 e. The molecule has 2 N–H and O–H groups in total. The molecule has 2 amide bonds. The van der Waals surface area contributed by atoms with Gasteiger partial charge in [0.05, 0.1) is 13.2 Å². The maximum absolute atomic E-state index is 12.5. The molecular weight excluding hydrogens is 322 g/mol. The van der Waals surface area contributed by atoms with Crippen molar-refractivity contribution in [2.45, 2.75) is 6.42 Å². The lowest BCUT2D eigenvalue weighted by atomic mass is 10.0. The van der Waals surface area contributed by atoms with Crippen LogP contribution in [0.3, 0.4) is 0 Å². The van der Waals surface area contributed by atoms with E-state index in [1.807, 2.05) is 12.1 Å². The predicted molar refractivity (Wildman–Crippen MR) is 90.1 cm³/mol. The minimum absolute atomic E-state index is 0.0833. The minimum Gasteiger partial charge on any atom is -0.379 e. The van der Waals surface area contributed by atoms with Crippen LogP contribution in [0.25, 0.3) is 0 Å². The van der Waals surface area contributed by atoms with Crippen molar-refractivity contribution in [3.63, 3.8) is 0 Å². The van der Waals surface area contributed by atoms with Crippen LogP contribution in [0.4, 0.5) is 0 Å². The minimum atomic E-state index is -0.213. The summed E-state index contributed by atoms with van der Waals surface area (Å²) in [5.74, 6) is -0.183. The molecule has 1 atom stereocenters. The number of H-pyrrole nitrogens is 1. The van der Waals surface area contributed by atoms with Gasteiger partial charge >= 0.3 is 0 Å². The lowest BCUT2D eigenvalue weighted by molar-refractivity contribution is 0.0731. The molecule has 0 bridgehead atoms. The maximum Gasteiger partial charge on any atom is 0.271 e. The Morgan fingerprint density at radius 2 is 2.28 bits per heavy atom. The zero-order valence-corrected chi connectivity index (χ0v) is 14.1. The molecule has 0 aromatic carbocycles. The molecule has 1 aliphatic rings. The molecule has 1 saturated heterocycles. The quantitative estimate of drug-likeness (QED) is 0.842. The molecular formula is C17H21N5O3. The van der Waals surface area contributed by atoms with Crippen LogP contribution in [0.1, 0.15) is 26.7 Å². The van der Waals surface area contributed by atoms with Gasteiger partial charge in [0.2, 0.25) is 0 Å². The summed E-state index contributed by atoms with van der Waals surface area (Å²) in [5.41, 5.74) is 1.67. The SMILES string of the molecule is CNC(=O)c1cccc(C[C@H]2COCCN(C(=O)c3ccn[nH]3)C2)n1. The topological polar surface area (TPSA) is 100 Å². The van der Waals surface area contributed by atoms with Gasteiger partial charge in [0.1, 0.15) is 11.4 Å². The van der Waals surface area contributed by atoms with E-state index in [0.717, 1.165) is 5.69 Å². The number of pyridine rings is 1. The Balaban J connectivity index is 1.69. The Hall–Kier alpha value is -2.74. The van der Waals surface area contributed by atoms with Crippen LogP contribution in [-0.4, -0.2) is 65.2 Å². The second kappa shape index (κ2) is 7.89. The molecule has 0 unspecified atom stereocenters. The first-order valence-electron chi connectivity index (χ1n) is 8.22. The van der Waals surface area contributed by atoms with Crippen LogP contribution in [-0.2, 0) is 11.2 Å². The zero-order chi connectivity index (χ0) is 17.6. The largest absolute Gasteiger partial charge is 0.379 e. The number of ether oxygens (including phenoxy) is 1. The molecule has 132 valence electrons. The first kappa shape index (κ1) is 17.1. The van der Waals surface area contributed by atoms with Crippen molar-refractivity contribution < 1.29 is 14.3 Å². The summed E-state index contributed by atoms with van der Waals surface area (Å²) in [5, 5.41) is 9.11. The van der Waals surface area contributed by atoms with Crippen LogP contribution < -0.4 is 5.32 Å². The van der Waals surface area contributed by atoms with Crippen molar-refractivity contribution in [1.82, 2.24) is 25.4 Å². The van der Waals surface area contributed by atoms with Gasteiger partial charge in [-0.2, -0.15) is 5.10 Å². The van der Waals surface area contributed by atoms with E-state index in [2.05, 4.69) is 20.5 Å². The van der Waals surface area contributed by atoms with Gasteiger partial charge < -0.3 is 15.0 Å². The fourth-order valence-electron chi connectivity index (χ4n) is 2.88. The van der Waals surface area contributed by atoms with E-state index in [9.17, 15) is 9.59 Å². The average molecular weight is 343 g/mol. The van der Waals surface area contributed by atoms with Crippen LogP contribution in [0.2, 0.25) is 0 Å². The molecule has 3 rings (SSSR count). The maximum atomic E-state index is 12.5. The van der Waals surface area contributed by atoms with Crippen molar-refractivity contribution in [3.8, 4) is 0 Å². The molecule has 0 aliphatic carbocycles. The van der Waals surface area contributed by atoms with E-state index >= 15 is 0 Å². The summed E-state index contributed by atoms with van der Waals surface area (Å²) in [4.78, 5) is 30.4. The fraction of sp³-hybridized carbons (Fsp3) is 0.412. The van der Waals surface area contributed by atoms with Crippen LogP contribution in [0, 0.1) is 5.92 Å². The number of aromatic nitrogens is 3. The molecule has 2 aromatic heterocycles. The number of hydrogen-bond acceptors (Lipinski definition) is 5. The predicted octanol–water partition coefficient (Wildman–Crippen LogP) is 0.496. The monoisotopic (exact) mass is 343 g/mol. The van der Waals surface area contributed by atoms with Gasteiger partial charge in [0.15, 0.2) is 0 Å². The van der Waals surface area contributed by atoms with E-state index < -0.39 is 0 Å². The molecule has 2 aromatic rings. The zero-order valence-electron chi connectivity index (χ0n) is 14.1. The first-order chi connectivity index (χ1) is 12.2. The Bertz CT molecular complexity index is 732. The van der Waals surface area contributed by atoms with Gasteiger partial charge in [0.25, 0.3) is 11.8 Å². The fourth-order valence-corrected chi connectivity index (χ4v) is 2.88. The number of aromatic amines is 1. The summed E-state index contributed by atoms with van der Waals surface area (Å²) >= 11 is 0. The number of carbonyl (C=O) groups excluding carboxylic acids is 2. The third kappa shape index (κ3) is 4.21. The summed E-state index contributed by atoms with van der Waals surface area (Å²) < 4.78 is 5.65. The summed E-state index contributed by atoms with van der Waals surface area (Å²) in [6, 6.07) is 7.05. The second-order valence-electron chi connectivity index (χ2n) is 5.96. The van der Waals surface area contributed by atoms with Crippen molar-refractivity contribution in [2.75, 3.05) is 33.4 Å². The van der Waals surface area contributed by atoms with Gasteiger partial charge in [-0.05, 0) is 24.6 Å². The average Bonchev–Trinajstić information content (AvgIpc) is 3.08. The highest BCUT2D eigenvalue weighted by molar-refractivity contribution is 5.92. The van der Waals surface area contributed by atoms with Crippen molar-refractivity contribution >= 4 is 11.8 Å². The molecule has 8 nitrogen and oxygen atoms in total. The Labute approximate surface area is 145 Å². The second-order valence-corrected chi connectivity index (χ2v) is 5.96. The number of carbonyl (C=O) groups is 2. The first-order valence-corrected chi connectivity index (χ1v) is 8.22. The Morgan fingerprint density at radius 1 is 1.40 bits per heavy atom. The molecule has 0 spiro atoms. The highest BCUT2D eigenvalue weighted by Crippen LogP contribution is 2.15. The van der Waals surface area contributed by atoms with E-state index in [1.54, 1.807) is 30.3 Å². The van der Waals surface area contributed by atoms with Gasteiger partial charge in [-0.25, -0.2) is 4.98 Å². The van der Waals surface area contributed by atoms with Gasteiger partial charge in [-0.3, -0.25) is 14.7 Å². The van der Waals surface area contributed by atoms with Crippen molar-refractivity contribution in [3.05, 3.63) is 47.5 Å². The molecule has 1 fully saturated rings. The third-order valence-electron chi connectivity index (χ3n) is 4.12. The number of rotatable bonds is 4. The van der Waals surface area contributed by atoms with Crippen LogP contribution in [0.15, 0.2) is 30.5 Å². The van der Waals surface area contributed by atoms with Crippen LogP contribution in [0.5, 0.6) is 0 Å². The highest BCUT2D eigenvalue weighted by Gasteiger charge is 2.24. The van der Waals surface area contributed by atoms with E-state index in [-0.39, 0.29) is 17.7 Å². The van der Waals surface area contributed by atoms with Crippen molar-refractivity contribution in [2.24, 2.45) is 5.92 Å². The van der Waals surface area contributed by atoms with Crippen molar-refractivity contribution in [1.29, 1.82) is 0 Å². The third-order valence-corrected chi connectivity index (χ3v) is 4.12.